The number of rotatable bonds is 4. The number of anilines is 1. The lowest BCUT2D eigenvalue weighted by molar-refractivity contribution is 0.102. The summed E-state index contributed by atoms with van der Waals surface area (Å²) in [5.74, 6) is 0.396. The summed E-state index contributed by atoms with van der Waals surface area (Å²) in [6, 6.07) is 1.92. The Hall–Kier alpha value is -1.69. The van der Waals surface area contributed by atoms with Gasteiger partial charge in [0.1, 0.15) is 0 Å². The molecule has 2 heterocycles. The minimum atomic E-state index is -0.181. The molecule has 6 heteroatoms. The van der Waals surface area contributed by atoms with Crippen LogP contribution in [0.2, 0.25) is 0 Å². The number of carbonyl (C=O) groups is 1. The molecule has 0 aliphatic heterocycles. The molecule has 1 N–H and O–H groups in total. The van der Waals surface area contributed by atoms with Crippen LogP contribution >= 0.6 is 15.9 Å². The van der Waals surface area contributed by atoms with E-state index in [1.54, 1.807) is 12.4 Å². The lowest BCUT2D eigenvalue weighted by Gasteiger charge is -2.08. The molecule has 1 saturated carbocycles. The normalized spacial score (nSPS) is 14.2. The molecular weight excluding hydrogens is 332 g/mol. The first-order valence-electron chi connectivity index (χ1n) is 7.09. The molecule has 0 atom stereocenters. The second kappa shape index (κ2) is 5.60. The quantitative estimate of drug-likeness (QED) is 0.919. The molecule has 110 valence electrons. The topological polar surface area (TPSA) is 59.8 Å². The van der Waals surface area contributed by atoms with Crippen LogP contribution in [0.3, 0.4) is 0 Å². The molecule has 5 nitrogen and oxygen atoms in total. The molecule has 2 aromatic rings. The van der Waals surface area contributed by atoms with Crippen LogP contribution in [-0.2, 0) is 6.54 Å². The van der Waals surface area contributed by atoms with E-state index >= 15 is 0 Å². The Balaban J connectivity index is 1.85. The number of pyridine rings is 1. The van der Waals surface area contributed by atoms with Gasteiger partial charge in [0.15, 0.2) is 5.69 Å². The van der Waals surface area contributed by atoms with Crippen LogP contribution in [-0.4, -0.2) is 20.7 Å². The van der Waals surface area contributed by atoms with Gasteiger partial charge in [0.2, 0.25) is 0 Å². The van der Waals surface area contributed by atoms with E-state index in [4.69, 9.17) is 0 Å². The Kier molecular flexibility index (Phi) is 3.80. The van der Waals surface area contributed by atoms with Gasteiger partial charge in [-0.1, -0.05) is 0 Å². The fraction of sp³-hybridized carbons (Fsp3) is 0.400. The van der Waals surface area contributed by atoms with Gasteiger partial charge in [-0.3, -0.25) is 14.5 Å². The maximum atomic E-state index is 12.4. The smallest absolute Gasteiger partial charge is 0.276 e. The number of aromatic nitrogens is 3. The van der Waals surface area contributed by atoms with Crippen molar-refractivity contribution in [3.05, 3.63) is 39.9 Å². The van der Waals surface area contributed by atoms with E-state index < -0.39 is 0 Å². The Morgan fingerprint density at radius 3 is 2.86 bits per heavy atom. The lowest BCUT2D eigenvalue weighted by atomic mass is 10.2. The van der Waals surface area contributed by atoms with Crippen LogP contribution in [0.25, 0.3) is 0 Å². The molecule has 0 spiro atoms. The highest BCUT2D eigenvalue weighted by Gasteiger charge is 2.29. The Bertz CT molecular complexity index is 671. The minimum absolute atomic E-state index is 0.181. The monoisotopic (exact) mass is 348 g/mol. The van der Waals surface area contributed by atoms with Crippen LogP contribution in [0.15, 0.2) is 22.9 Å². The first-order valence-corrected chi connectivity index (χ1v) is 7.88. The Labute approximate surface area is 131 Å². The number of aryl methyl sites for hydroxylation is 2. The average Bonchev–Trinajstić information content (AvgIpc) is 3.22. The van der Waals surface area contributed by atoms with Gasteiger partial charge < -0.3 is 5.32 Å². The zero-order chi connectivity index (χ0) is 15.0. The van der Waals surface area contributed by atoms with E-state index in [0.717, 1.165) is 22.3 Å². The summed E-state index contributed by atoms with van der Waals surface area (Å²) in [5, 5.41) is 7.34. The number of carbonyl (C=O) groups excluding carboxylic acids is 1. The zero-order valence-corrected chi connectivity index (χ0v) is 13.6. The van der Waals surface area contributed by atoms with Crippen molar-refractivity contribution in [3.8, 4) is 0 Å². The molecule has 0 aromatic carbocycles. The fourth-order valence-corrected chi connectivity index (χ4v) is 2.90. The van der Waals surface area contributed by atoms with Gasteiger partial charge in [0, 0.05) is 30.6 Å². The summed E-state index contributed by atoms with van der Waals surface area (Å²) >= 11 is 3.41. The second-order valence-corrected chi connectivity index (χ2v) is 6.17. The molecule has 0 saturated heterocycles. The third kappa shape index (κ3) is 2.85. The van der Waals surface area contributed by atoms with Crippen molar-refractivity contribution in [1.29, 1.82) is 0 Å². The molecule has 1 aliphatic rings. The van der Waals surface area contributed by atoms with Crippen molar-refractivity contribution < 1.29 is 4.79 Å². The Morgan fingerprint density at radius 1 is 1.48 bits per heavy atom. The molecule has 0 unspecified atom stereocenters. The summed E-state index contributed by atoms with van der Waals surface area (Å²) in [4.78, 5) is 16.5. The van der Waals surface area contributed by atoms with Gasteiger partial charge in [0.05, 0.1) is 10.2 Å². The third-order valence-corrected chi connectivity index (χ3v) is 4.27. The van der Waals surface area contributed by atoms with Gasteiger partial charge >= 0.3 is 0 Å². The summed E-state index contributed by atoms with van der Waals surface area (Å²) in [6.07, 6.45) is 5.78. The maximum absolute atomic E-state index is 12.4. The molecule has 21 heavy (non-hydrogen) atoms. The van der Waals surface area contributed by atoms with E-state index in [1.807, 2.05) is 24.6 Å². The molecule has 1 amide bonds. The molecule has 0 bridgehead atoms. The minimum Gasteiger partial charge on any atom is -0.319 e. The van der Waals surface area contributed by atoms with E-state index in [9.17, 15) is 4.79 Å². The second-order valence-electron chi connectivity index (χ2n) is 5.31. The Morgan fingerprint density at radius 2 is 2.24 bits per heavy atom. The van der Waals surface area contributed by atoms with E-state index in [0.29, 0.717) is 11.6 Å². The number of halogens is 1. The predicted octanol–water partition coefficient (Wildman–Crippen LogP) is 3.50. The highest BCUT2D eigenvalue weighted by atomic mass is 79.9. The first kappa shape index (κ1) is 14.3. The zero-order valence-electron chi connectivity index (χ0n) is 12.1. The summed E-state index contributed by atoms with van der Waals surface area (Å²) in [6.45, 7) is 4.74. The summed E-state index contributed by atoms with van der Waals surface area (Å²) < 4.78 is 2.70. The molecule has 1 aliphatic carbocycles. The number of hydrogen-bond acceptors (Lipinski definition) is 3. The predicted molar refractivity (Wildman–Crippen MR) is 84.5 cm³/mol. The number of nitrogens with one attached hydrogen (secondary N) is 1. The van der Waals surface area contributed by atoms with E-state index in [-0.39, 0.29) is 5.91 Å². The van der Waals surface area contributed by atoms with Crippen molar-refractivity contribution in [2.45, 2.75) is 39.2 Å². The number of hydrogen-bond donors (Lipinski definition) is 1. The molecule has 1 fully saturated rings. The van der Waals surface area contributed by atoms with Crippen LogP contribution < -0.4 is 5.32 Å². The first-order chi connectivity index (χ1) is 10.1. The molecule has 3 rings (SSSR count). The SMILES string of the molecule is CCn1nc(C(=O)Nc2c(C)cncc2Br)cc1C1CC1. The van der Waals surface area contributed by atoms with Crippen molar-refractivity contribution in [2.24, 2.45) is 0 Å². The molecule has 0 radical (unpaired) electrons. The number of nitrogens with zero attached hydrogens (tertiary/aromatic N) is 3. The van der Waals surface area contributed by atoms with Crippen LogP contribution in [0, 0.1) is 6.92 Å². The standard InChI is InChI=1S/C15H17BrN4O/c1-3-20-13(10-4-5-10)6-12(19-20)15(21)18-14-9(2)7-17-8-11(14)16/h6-8,10H,3-5H2,1-2H3,(H,17,18,21). The maximum Gasteiger partial charge on any atom is 0.276 e. The third-order valence-electron chi connectivity index (χ3n) is 3.67. The fourth-order valence-electron chi connectivity index (χ4n) is 2.37. The van der Waals surface area contributed by atoms with Crippen molar-refractivity contribution in [3.63, 3.8) is 0 Å². The summed E-state index contributed by atoms with van der Waals surface area (Å²) in [7, 11) is 0. The van der Waals surface area contributed by atoms with Crippen molar-refractivity contribution in [1.82, 2.24) is 14.8 Å². The summed E-state index contributed by atoms with van der Waals surface area (Å²) in [5.41, 5.74) is 3.30. The highest BCUT2D eigenvalue weighted by Crippen LogP contribution is 2.40. The average molecular weight is 349 g/mol. The van der Waals surface area contributed by atoms with Crippen molar-refractivity contribution >= 4 is 27.5 Å². The van der Waals surface area contributed by atoms with Gasteiger partial charge in [-0.25, -0.2) is 0 Å². The van der Waals surface area contributed by atoms with Gasteiger partial charge in [-0.2, -0.15) is 5.10 Å². The van der Waals surface area contributed by atoms with Gasteiger partial charge in [-0.15, -0.1) is 0 Å². The van der Waals surface area contributed by atoms with E-state index in [2.05, 4.69) is 31.3 Å². The van der Waals surface area contributed by atoms with Gasteiger partial charge in [-0.05, 0) is 54.2 Å². The largest absolute Gasteiger partial charge is 0.319 e. The molecular formula is C15H17BrN4O. The van der Waals surface area contributed by atoms with Crippen molar-refractivity contribution in [2.75, 3.05) is 5.32 Å². The molecule has 2 aromatic heterocycles. The number of amides is 1. The lowest BCUT2D eigenvalue weighted by Crippen LogP contribution is -2.14. The highest BCUT2D eigenvalue weighted by molar-refractivity contribution is 9.10. The van der Waals surface area contributed by atoms with Crippen LogP contribution in [0.1, 0.15) is 47.4 Å². The van der Waals surface area contributed by atoms with Crippen LogP contribution in [0.5, 0.6) is 0 Å². The van der Waals surface area contributed by atoms with E-state index in [1.165, 1.54) is 18.5 Å². The van der Waals surface area contributed by atoms with Gasteiger partial charge in [0.25, 0.3) is 5.91 Å². The van der Waals surface area contributed by atoms with Crippen LogP contribution in [0.4, 0.5) is 5.69 Å².